The van der Waals surface area contributed by atoms with Crippen molar-refractivity contribution in [3.05, 3.63) is 40.8 Å². The van der Waals surface area contributed by atoms with E-state index in [4.69, 9.17) is 0 Å². The Morgan fingerprint density at radius 1 is 1.36 bits per heavy atom. The summed E-state index contributed by atoms with van der Waals surface area (Å²) in [5.74, 6) is 0. The number of H-pyrrole nitrogens is 2. The molecule has 0 amide bonds. The summed E-state index contributed by atoms with van der Waals surface area (Å²) in [6.07, 6.45) is 0. The average Bonchev–Trinajstić information content (AvgIpc) is 2.53. The monoisotopic (exact) mass is 184 g/mol. The minimum Gasteiger partial charge on any atom is -0.304 e. The summed E-state index contributed by atoms with van der Waals surface area (Å²) in [7, 11) is 0. The van der Waals surface area contributed by atoms with E-state index in [0.717, 1.165) is 16.4 Å². The molecule has 0 unspecified atom stereocenters. The molecule has 0 fully saturated rings. The van der Waals surface area contributed by atoms with E-state index in [0.29, 0.717) is 5.65 Å². The molecular weight excluding hydrogens is 178 g/mol. The lowest BCUT2D eigenvalue weighted by Gasteiger charge is -1.94. The van der Waals surface area contributed by atoms with Crippen molar-refractivity contribution in [2.24, 2.45) is 0 Å². The van der Waals surface area contributed by atoms with Crippen LogP contribution >= 0.6 is 0 Å². The number of hydrogen-bond acceptors (Lipinski definition) is 2. The fourth-order valence-electron chi connectivity index (χ4n) is 1.51. The molecule has 3 aromatic rings. The highest BCUT2D eigenvalue weighted by atomic mass is 16.1. The molecule has 14 heavy (non-hydrogen) atoms. The predicted octanol–water partition coefficient (Wildman–Crippen LogP) is 1.20. The molecule has 0 spiro atoms. The number of hydrogen-bond donors (Lipinski definition) is 2. The summed E-state index contributed by atoms with van der Waals surface area (Å²) < 4.78 is 0. The van der Waals surface area contributed by atoms with Crippen molar-refractivity contribution in [1.29, 1.82) is 0 Å². The first-order chi connectivity index (χ1) is 6.83. The van der Waals surface area contributed by atoms with Gasteiger partial charge in [0.2, 0.25) is 0 Å². The second-order valence-electron chi connectivity index (χ2n) is 3.08. The molecule has 1 aromatic carbocycles. The number of aromatic nitrogens is 3. The van der Waals surface area contributed by atoms with Crippen molar-refractivity contribution in [1.82, 2.24) is 15.0 Å². The molecule has 0 atom stereocenters. The van der Waals surface area contributed by atoms with Gasteiger partial charge in [-0.25, -0.2) is 9.78 Å². The molecule has 0 aliphatic heterocycles. The van der Waals surface area contributed by atoms with Gasteiger partial charge in [-0.1, -0.05) is 12.1 Å². The van der Waals surface area contributed by atoms with Gasteiger partial charge >= 0.3 is 5.69 Å². The maximum Gasteiger partial charge on any atom is 0.325 e. The summed E-state index contributed by atoms with van der Waals surface area (Å²) >= 11 is 0. The Morgan fingerprint density at radius 3 is 3.21 bits per heavy atom. The van der Waals surface area contributed by atoms with E-state index in [-0.39, 0.29) is 5.69 Å². The Hall–Kier alpha value is -2.10. The molecule has 1 radical (unpaired) electrons. The van der Waals surface area contributed by atoms with Crippen LogP contribution in [-0.2, 0) is 0 Å². The van der Waals surface area contributed by atoms with E-state index in [1.165, 1.54) is 0 Å². The zero-order valence-electron chi connectivity index (χ0n) is 7.16. The standard InChI is InChI=1S/C10H6N3O/c14-10-12-8-5-6-3-1-2-4-7(6)11-9(8)13-10/h1,3-5H,(H2,11,12,13,14). The SMILES string of the molecule is O=c1[nH]c2cc3cc[c]cc3nc2[nH]1. The lowest BCUT2D eigenvalue weighted by molar-refractivity contribution is 1.20. The average molecular weight is 184 g/mol. The fourth-order valence-corrected chi connectivity index (χ4v) is 1.51. The van der Waals surface area contributed by atoms with Gasteiger partial charge in [0.05, 0.1) is 11.0 Å². The minimum absolute atomic E-state index is 0.230. The molecule has 3 rings (SSSR count). The van der Waals surface area contributed by atoms with Gasteiger partial charge in [0.25, 0.3) is 0 Å². The lowest BCUT2D eigenvalue weighted by Crippen LogP contribution is -1.99. The molecule has 0 saturated carbocycles. The molecule has 0 aliphatic carbocycles. The third kappa shape index (κ3) is 0.939. The quantitative estimate of drug-likeness (QED) is 0.551. The number of nitrogens with one attached hydrogen (secondary N) is 2. The topological polar surface area (TPSA) is 61.5 Å². The highest BCUT2D eigenvalue weighted by Crippen LogP contribution is 2.14. The molecule has 2 aromatic heterocycles. The zero-order chi connectivity index (χ0) is 9.54. The normalized spacial score (nSPS) is 11.1. The Morgan fingerprint density at radius 2 is 2.29 bits per heavy atom. The van der Waals surface area contributed by atoms with Crippen molar-refractivity contribution in [2.75, 3.05) is 0 Å². The first-order valence-corrected chi connectivity index (χ1v) is 4.22. The molecule has 0 aliphatic rings. The van der Waals surface area contributed by atoms with Crippen molar-refractivity contribution in [3.8, 4) is 0 Å². The van der Waals surface area contributed by atoms with E-state index < -0.39 is 0 Å². The van der Waals surface area contributed by atoms with Gasteiger partial charge in [-0.15, -0.1) is 0 Å². The summed E-state index contributed by atoms with van der Waals surface area (Å²) in [6.45, 7) is 0. The van der Waals surface area contributed by atoms with Gasteiger partial charge in [-0.2, -0.15) is 0 Å². The minimum atomic E-state index is -0.230. The zero-order valence-corrected chi connectivity index (χ0v) is 7.16. The molecular formula is C10H6N3O. The highest BCUT2D eigenvalue weighted by Gasteiger charge is 2.01. The second-order valence-corrected chi connectivity index (χ2v) is 3.08. The van der Waals surface area contributed by atoms with Crippen LogP contribution in [0.15, 0.2) is 29.1 Å². The molecule has 0 saturated heterocycles. The number of fused-ring (bicyclic) bond motifs is 2. The van der Waals surface area contributed by atoms with Crippen LogP contribution in [0.3, 0.4) is 0 Å². The third-order valence-corrected chi connectivity index (χ3v) is 2.14. The molecule has 67 valence electrons. The van der Waals surface area contributed by atoms with Crippen LogP contribution in [0.4, 0.5) is 0 Å². The maximum atomic E-state index is 11.0. The van der Waals surface area contributed by atoms with Gasteiger partial charge in [0.15, 0.2) is 5.65 Å². The molecule has 2 heterocycles. The predicted molar refractivity (Wildman–Crippen MR) is 53.1 cm³/mol. The summed E-state index contributed by atoms with van der Waals surface area (Å²) in [5.41, 5.74) is 1.91. The molecule has 0 bridgehead atoms. The first kappa shape index (κ1) is 7.32. The van der Waals surface area contributed by atoms with Crippen molar-refractivity contribution in [2.45, 2.75) is 0 Å². The number of imidazole rings is 1. The van der Waals surface area contributed by atoms with Crippen LogP contribution in [-0.4, -0.2) is 15.0 Å². The number of benzene rings is 1. The smallest absolute Gasteiger partial charge is 0.304 e. The highest BCUT2D eigenvalue weighted by molar-refractivity contribution is 5.88. The maximum absolute atomic E-state index is 11.0. The van der Waals surface area contributed by atoms with Crippen molar-refractivity contribution >= 4 is 22.1 Å². The van der Waals surface area contributed by atoms with Crippen molar-refractivity contribution in [3.63, 3.8) is 0 Å². The summed E-state index contributed by atoms with van der Waals surface area (Å²) in [4.78, 5) is 20.6. The number of nitrogens with zero attached hydrogens (tertiary/aromatic N) is 1. The van der Waals surface area contributed by atoms with Crippen LogP contribution in [0.25, 0.3) is 22.1 Å². The summed E-state index contributed by atoms with van der Waals surface area (Å²) in [5, 5.41) is 0.992. The van der Waals surface area contributed by atoms with Crippen molar-refractivity contribution < 1.29 is 0 Å². The van der Waals surface area contributed by atoms with Crippen LogP contribution in [0.1, 0.15) is 0 Å². The largest absolute Gasteiger partial charge is 0.325 e. The lowest BCUT2D eigenvalue weighted by atomic mass is 10.2. The van der Waals surface area contributed by atoms with E-state index in [1.807, 2.05) is 18.2 Å². The Labute approximate surface area is 78.6 Å². The van der Waals surface area contributed by atoms with Crippen LogP contribution < -0.4 is 5.69 Å². The second kappa shape index (κ2) is 2.45. The molecule has 4 heteroatoms. The van der Waals surface area contributed by atoms with Gasteiger partial charge < -0.3 is 4.98 Å². The number of rotatable bonds is 0. The Kier molecular flexibility index (Phi) is 1.28. The van der Waals surface area contributed by atoms with Gasteiger partial charge in [-0.05, 0) is 18.2 Å². The third-order valence-electron chi connectivity index (χ3n) is 2.14. The molecule has 4 nitrogen and oxygen atoms in total. The van der Waals surface area contributed by atoms with E-state index in [9.17, 15) is 4.79 Å². The number of pyridine rings is 1. The van der Waals surface area contributed by atoms with E-state index in [2.05, 4.69) is 21.0 Å². The first-order valence-electron chi connectivity index (χ1n) is 4.22. The summed E-state index contributed by atoms with van der Waals surface area (Å²) in [6, 6.07) is 10.4. The van der Waals surface area contributed by atoms with Crippen LogP contribution in [0, 0.1) is 6.07 Å². The van der Waals surface area contributed by atoms with E-state index >= 15 is 0 Å². The Balaban J connectivity index is 2.57. The van der Waals surface area contributed by atoms with Crippen LogP contribution in [0.2, 0.25) is 0 Å². The number of aromatic amines is 2. The fraction of sp³-hybridized carbons (Fsp3) is 0. The van der Waals surface area contributed by atoms with Gasteiger partial charge in [-0.3, -0.25) is 4.98 Å². The Bertz CT molecular complexity index is 610. The van der Waals surface area contributed by atoms with Gasteiger partial charge in [0, 0.05) is 5.39 Å². The van der Waals surface area contributed by atoms with Gasteiger partial charge in [0.1, 0.15) is 0 Å². The van der Waals surface area contributed by atoms with E-state index in [1.54, 1.807) is 6.07 Å². The molecule has 2 N–H and O–H groups in total. The van der Waals surface area contributed by atoms with Crippen LogP contribution in [0.5, 0.6) is 0 Å².